The highest BCUT2D eigenvalue weighted by Gasteiger charge is 2.08. The Morgan fingerprint density at radius 3 is 2.39 bits per heavy atom. The fraction of sp³-hybridized carbons (Fsp3) is 0. The molecule has 0 atom stereocenters. The van der Waals surface area contributed by atoms with E-state index in [1.807, 2.05) is 0 Å². The second-order valence-electron chi connectivity index (χ2n) is 3.35. The Labute approximate surface area is 118 Å². The standard InChI is InChI=1S/C12H6Cl3NO2/c13-8-3-10(15)11(4-9(8)14)18-12-2-1-7(6-17)5-16-12/h1-6H. The average Bonchev–Trinajstić information content (AvgIpc) is 2.37. The van der Waals surface area contributed by atoms with E-state index in [9.17, 15) is 4.79 Å². The zero-order valence-electron chi connectivity index (χ0n) is 8.86. The van der Waals surface area contributed by atoms with Gasteiger partial charge in [0.05, 0.1) is 15.1 Å². The Kier molecular flexibility index (Phi) is 4.07. The minimum Gasteiger partial charge on any atom is -0.437 e. The number of aromatic nitrogens is 1. The van der Waals surface area contributed by atoms with Crippen LogP contribution in [0.4, 0.5) is 0 Å². The van der Waals surface area contributed by atoms with Gasteiger partial charge in [0, 0.05) is 23.9 Å². The third-order valence-electron chi connectivity index (χ3n) is 2.08. The monoisotopic (exact) mass is 301 g/mol. The van der Waals surface area contributed by atoms with Crippen molar-refractivity contribution in [1.82, 2.24) is 4.98 Å². The van der Waals surface area contributed by atoms with Gasteiger partial charge in [-0.15, -0.1) is 0 Å². The van der Waals surface area contributed by atoms with Crippen LogP contribution in [0.3, 0.4) is 0 Å². The number of benzene rings is 1. The number of hydrogen-bond acceptors (Lipinski definition) is 3. The average molecular weight is 303 g/mol. The molecule has 0 saturated carbocycles. The molecule has 0 aliphatic heterocycles. The molecule has 1 aromatic heterocycles. The molecule has 92 valence electrons. The topological polar surface area (TPSA) is 39.2 Å². The van der Waals surface area contributed by atoms with Crippen LogP contribution in [0.15, 0.2) is 30.5 Å². The van der Waals surface area contributed by atoms with Crippen LogP contribution in [0.5, 0.6) is 11.6 Å². The molecular formula is C12H6Cl3NO2. The molecule has 2 aromatic rings. The maximum absolute atomic E-state index is 10.5. The number of carbonyl (C=O) groups excluding carboxylic acids is 1. The number of halogens is 3. The molecule has 0 N–H and O–H groups in total. The Balaban J connectivity index is 2.27. The number of ether oxygens (including phenoxy) is 1. The molecule has 1 aromatic carbocycles. The van der Waals surface area contributed by atoms with E-state index in [1.165, 1.54) is 18.3 Å². The molecule has 0 spiro atoms. The van der Waals surface area contributed by atoms with Gasteiger partial charge in [-0.05, 0) is 12.1 Å². The molecule has 0 fully saturated rings. The fourth-order valence-corrected chi connectivity index (χ4v) is 1.79. The zero-order valence-corrected chi connectivity index (χ0v) is 11.1. The van der Waals surface area contributed by atoms with Gasteiger partial charge in [-0.3, -0.25) is 4.79 Å². The Morgan fingerprint density at radius 2 is 1.78 bits per heavy atom. The van der Waals surface area contributed by atoms with E-state index in [0.29, 0.717) is 38.5 Å². The number of hydrogen-bond donors (Lipinski definition) is 0. The summed E-state index contributed by atoms with van der Waals surface area (Å²) in [6, 6.07) is 6.13. The van der Waals surface area contributed by atoms with Gasteiger partial charge >= 0.3 is 0 Å². The van der Waals surface area contributed by atoms with Crippen LogP contribution in [0.25, 0.3) is 0 Å². The van der Waals surface area contributed by atoms with Crippen molar-refractivity contribution in [3.8, 4) is 11.6 Å². The van der Waals surface area contributed by atoms with Crippen LogP contribution in [-0.4, -0.2) is 11.3 Å². The van der Waals surface area contributed by atoms with Gasteiger partial charge in [0.2, 0.25) is 5.88 Å². The molecule has 0 saturated heterocycles. The van der Waals surface area contributed by atoms with Crippen molar-refractivity contribution in [1.29, 1.82) is 0 Å². The summed E-state index contributed by atoms with van der Waals surface area (Å²) >= 11 is 17.6. The SMILES string of the molecule is O=Cc1ccc(Oc2cc(Cl)c(Cl)cc2Cl)nc1. The number of aldehydes is 1. The smallest absolute Gasteiger partial charge is 0.219 e. The zero-order chi connectivity index (χ0) is 13.1. The summed E-state index contributed by atoms with van der Waals surface area (Å²) in [5, 5.41) is 1.00. The highest BCUT2D eigenvalue weighted by atomic mass is 35.5. The van der Waals surface area contributed by atoms with Crippen molar-refractivity contribution in [2.45, 2.75) is 0 Å². The van der Waals surface area contributed by atoms with Gasteiger partial charge in [0.1, 0.15) is 5.75 Å². The lowest BCUT2D eigenvalue weighted by Crippen LogP contribution is -1.90. The van der Waals surface area contributed by atoms with Crippen molar-refractivity contribution in [3.63, 3.8) is 0 Å². The normalized spacial score (nSPS) is 10.2. The molecule has 0 aliphatic rings. The van der Waals surface area contributed by atoms with Crippen molar-refractivity contribution in [3.05, 3.63) is 51.1 Å². The third-order valence-corrected chi connectivity index (χ3v) is 3.10. The van der Waals surface area contributed by atoms with Gasteiger partial charge in [-0.1, -0.05) is 34.8 Å². The molecule has 6 heteroatoms. The third kappa shape index (κ3) is 2.93. The Morgan fingerprint density at radius 1 is 1.06 bits per heavy atom. The number of nitrogens with zero attached hydrogens (tertiary/aromatic N) is 1. The van der Waals surface area contributed by atoms with E-state index in [-0.39, 0.29) is 0 Å². The minimum atomic E-state index is 0.306. The lowest BCUT2D eigenvalue weighted by atomic mass is 10.3. The summed E-state index contributed by atoms with van der Waals surface area (Å²) in [5.74, 6) is 0.651. The van der Waals surface area contributed by atoms with Crippen LogP contribution in [-0.2, 0) is 0 Å². The van der Waals surface area contributed by atoms with Crippen LogP contribution in [0.1, 0.15) is 10.4 Å². The lowest BCUT2D eigenvalue weighted by Gasteiger charge is -2.07. The predicted molar refractivity (Wildman–Crippen MR) is 71.2 cm³/mol. The molecule has 2 rings (SSSR count). The molecule has 0 radical (unpaired) electrons. The van der Waals surface area contributed by atoms with Gasteiger partial charge in [0.25, 0.3) is 0 Å². The second-order valence-corrected chi connectivity index (χ2v) is 4.57. The summed E-state index contributed by atoms with van der Waals surface area (Å²) in [6.45, 7) is 0. The second kappa shape index (κ2) is 5.57. The van der Waals surface area contributed by atoms with Gasteiger partial charge in [-0.2, -0.15) is 0 Å². The van der Waals surface area contributed by atoms with Crippen LogP contribution in [0.2, 0.25) is 15.1 Å². The van der Waals surface area contributed by atoms with Crippen molar-refractivity contribution < 1.29 is 9.53 Å². The van der Waals surface area contributed by atoms with Crippen molar-refractivity contribution >= 4 is 41.1 Å². The predicted octanol–water partition coefficient (Wildman–Crippen LogP) is 4.65. The number of rotatable bonds is 3. The number of carbonyl (C=O) groups is 1. The minimum absolute atomic E-state index is 0.306. The largest absolute Gasteiger partial charge is 0.437 e. The molecule has 1 heterocycles. The van der Waals surface area contributed by atoms with Gasteiger partial charge < -0.3 is 4.74 Å². The van der Waals surface area contributed by atoms with E-state index in [1.54, 1.807) is 12.1 Å². The van der Waals surface area contributed by atoms with E-state index in [4.69, 9.17) is 39.5 Å². The molecule has 3 nitrogen and oxygen atoms in total. The first-order valence-electron chi connectivity index (χ1n) is 4.84. The quantitative estimate of drug-likeness (QED) is 0.612. The van der Waals surface area contributed by atoms with Gasteiger partial charge in [-0.25, -0.2) is 4.98 Å². The summed E-state index contributed by atoms with van der Waals surface area (Å²) in [4.78, 5) is 14.4. The lowest BCUT2D eigenvalue weighted by molar-refractivity contribution is 0.112. The van der Waals surface area contributed by atoms with Crippen LogP contribution >= 0.6 is 34.8 Å². The van der Waals surface area contributed by atoms with Gasteiger partial charge in [0.15, 0.2) is 6.29 Å². The molecular weight excluding hydrogens is 296 g/mol. The fourth-order valence-electron chi connectivity index (χ4n) is 1.22. The first-order valence-corrected chi connectivity index (χ1v) is 5.97. The Hall–Kier alpha value is -1.29. The molecule has 0 aliphatic carbocycles. The summed E-state index contributed by atoms with van der Waals surface area (Å²) in [7, 11) is 0. The first kappa shape index (κ1) is 13.1. The maximum atomic E-state index is 10.5. The summed E-state index contributed by atoms with van der Waals surface area (Å²) < 4.78 is 5.44. The molecule has 18 heavy (non-hydrogen) atoms. The van der Waals surface area contributed by atoms with Crippen molar-refractivity contribution in [2.24, 2.45) is 0 Å². The highest BCUT2D eigenvalue weighted by Crippen LogP contribution is 2.35. The summed E-state index contributed by atoms with van der Waals surface area (Å²) in [5.41, 5.74) is 0.461. The van der Waals surface area contributed by atoms with Crippen LogP contribution in [0, 0.1) is 0 Å². The molecule has 0 amide bonds. The maximum Gasteiger partial charge on any atom is 0.219 e. The van der Waals surface area contributed by atoms with E-state index in [2.05, 4.69) is 4.98 Å². The van der Waals surface area contributed by atoms with E-state index in [0.717, 1.165) is 0 Å². The molecule has 0 bridgehead atoms. The summed E-state index contributed by atoms with van der Waals surface area (Å²) in [6.07, 6.45) is 2.09. The van der Waals surface area contributed by atoms with E-state index >= 15 is 0 Å². The Bertz CT molecular complexity index is 585. The highest BCUT2D eigenvalue weighted by molar-refractivity contribution is 6.43. The molecule has 0 unspecified atom stereocenters. The van der Waals surface area contributed by atoms with Crippen molar-refractivity contribution in [2.75, 3.05) is 0 Å². The van der Waals surface area contributed by atoms with E-state index < -0.39 is 0 Å². The first-order chi connectivity index (χ1) is 8.60. The van der Waals surface area contributed by atoms with Crippen LogP contribution < -0.4 is 4.74 Å². The number of pyridine rings is 1.